The molecule has 3 rings (SSSR count). The summed E-state index contributed by atoms with van der Waals surface area (Å²) in [7, 11) is 0. The second kappa shape index (κ2) is 7.52. The van der Waals surface area contributed by atoms with E-state index in [0.717, 1.165) is 44.9 Å². The second-order valence-electron chi connectivity index (χ2n) is 5.77. The van der Waals surface area contributed by atoms with E-state index in [1.165, 1.54) is 12.4 Å². The Morgan fingerprint density at radius 2 is 1.88 bits per heavy atom. The highest BCUT2D eigenvalue weighted by molar-refractivity contribution is 6.03. The standard InChI is InChI=1S/C17H19F2N5O/c1-2-23-5-7-24(8-6-23)16-10-15(20-11-21-16)17(25)22-12-3-4-13(18)14(19)9-12/h3-4,9-11H,2,5-8H2,1H3,(H,22,25). The van der Waals surface area contributed by atoms with Crippen molar-refractivity contribution in [3.05, 3.63) is 47.9 Å². The zero-order chi connectivity index (χ0) is 17.8. The van der Waals surface area contributed by atoms with E-state index >= 15 is 0 Å². The van der Waals surface area contributed by atoms with Crippen LogP contribution in [0.3, 0.4) is 0 Å². The van der Waals surface area contributed by atoms with Gasteiger partial charge in [-0.15, -0.1) is 0 Å². The molecule has 0 aliphatic carbocycles. The number of hydrogen-bond acceptors (Lipinski definition) is 5. The molecule has 1 saturated heterocycles. The number of carbonyl (C=O) groups excluding carboxylic acids is 1. The number of piperazine rings is 1. The number of anilines is 2. The van der Waals surface area contributed by atoms with Gasteiger partial charge in [-0.05, 0) is 18.7 Å². The van der Waals surface area contributed by atoms with Crippen LogP contribution in [0.25, 0.3) is 0 Å². The van der Waals surface area contributed by atoms with Crippen molar-refractivity contribution in [2.75, 3.05) is 42.9 Å². The monoisotopic (exact) mass is 347 g/mol. The van der Waals surface area contributed by atoms with Crippen molar-refractivity contribution in [1.29, 1.82) is 0 Å². The molecule has 1 aromatic carbocycles. The fraction of sp³-hybridized carbons (Fsp3) is 0.353. The summed E-state index contributed by atoms with van der Waals surface area (Å²) in [5.41, 5.74) is 0.341. The van der Waals surface area contributed by atoms with Crippen molar-refractivity contribution in [1.82, 2.24) is 14.9 Å². The molecule has 1 aliphatic heterocycles. The Balaban J connectivity index is 1.70. The molecule has 2 heterocycles. The van der Waals surface area contributed by atoms with Gasteiger partial charge < -0.3 is 15.1 Å². The van der Waals surface area contributed by atoms with Gasteiger partial charge in [0.25, 0.3) is 5.91 Å². The van der Waals surface area contributed by atoms with Crippen LogP contribution in [0, 0.1) is 11.6 Å². The van der Waals surface area contributed by atoms with E-state index in [1.54, 1.807) is 6.07 Å². The molecule has 8 heteroatoms. The molecule has 1 N–H and O–H groups in total. The lowest BCUT2D eigenvalue weighted by Gasteiger charge is -2.34. The first-order valence-electron chi connectivity index (χ1n) is 8.12. The number of nitrogens with one attached hydrogen (secondary N) is 1. The smallest absolute Gasteiger partial charge is 0.274 e. The third-order valence-electron chi connectivity index (χ3n) is 4.21. The lowest BCUT2D eigenvalue weighted by molar-refractivity contribution is 0.102. The second-order valence-corrected chi connectivity index (χ2v) is 5.77. The van der Waals surface area contributed by atoms with Crippen molar-refractivity contribution >= 4 is 17.4 Å². The normalized spacial score (nSPS) is 15.2. The molecule has 0 unspecified atom stereocenters. The molecular formula is C17H19F2N5O. The maximum absolute atomic E-state index is 13.2. The maximum Gasteiger partial charge on any atom is 0.274 e. The summed E-state index contributed by atoms with van der Waals surface area (Å²) in [6.07, 6.45) is 1.34. The van der Waals surface area contributed by atoms with E-state index < -0.39 is 17.5 Å². The van der Waals surface area contributed by atoms with Gasteiger partial charge in [-0.2, -0.15) is 0 Å². The minimum atomic E-state index is -1.02. The third kappa shape index (κ3) is 4.08. The van der Waals surface area contributed by atoms with Crippen molar-refractivity contribution in [3.8, 4) is 0 Å². The fourth-order valence-corrected chi connectivity index (χ4v) is 2.71. The molecule has 0 spiro atoms. The number of amides is 1. The fourth-order valence-electron chi connectivity index (χ4n) is 2.71. The van der Waals surface area contributed by atoms with Crippen LogP contribution in [0.4, 0.5) is 20.3 Å². The highest BCUT2D eigenvalue weighted by atomic mass is 19.2. The van der Waals surface area contributed by atoms with Crippen LogP contribution in [-0.4, -0.2) is 53.5 Å². The summed E-state index contributed by atoms with van der Waals surface area (Å²) < 4.78 is 26.2. The molecule has 0 bridgehead atoms. The van der Waals surface area contributed by atoms with Crippen LogP contribution in [0.1, 0.15) is 17.4 Å². The number of nitrogens with zero attached hydrogens (tertiary/aromatic N) is 4. The van der Waals surface area contributed by atoms with Crippen LogP contribution >= 0.6 is 0 Å². The molecule has 1 fully saturated rings. The topological polar surface area (TPSA) is 61.4 Å². The van der Waals surface area contributed by atoms with Gasteiger partial charge in [0.2, 0.25) is 0 Å². The summed E-state index contributed by atoms with van der Waals surface area (Å²) >= 11 is 0. The van der Waals surface area contributed by atoms with Gasteiger partial charge in [-0.1, -0.05) is 6.92 Å². The molecule has 1 aromatic heterocycles. The lowest BCUT2D eigenvalue weighted by atomic mass is 10.2. The van der Waals surface area contributed by atoms with Gasteiger partial charge in [-0.3, -0.25) is 4.79 Å². The number of rotatable bonds is 4. The minimum absolute atomic E-state index is 0.167. The quantitative estimate of drug-likeness (QED) is 0.918. The van der Waals surface area contributed by atoms with Crippen molar-refractivity contribution < 1.29 is 13.6 Å². The summed E-state index contributed by atoms with van der Waals surface area (Å²) in [6.45, 7) is 6.68. The highest BCUT2D eigenvalue weighted by Gasteiger charge is 2.18. The van der Waals surface area contributed by atoms with Gasteiger partial charge in [-0.25, -0.2) is 18.7 Å². The van der Waals surface area contributed by atoms with E-state index in [0.29, 0.717) is 5.82 Å². The maximum atomic E-state index is 13.2. The average Bonchev–Trinajstić information content (AvgIpc) is 2.65. The highest BCUT2D eigenvalue weighted by Crippen LogP contribution is 2.16. The van der Waals surface area contributed by atoms with Crippen molar-refractivity contribution in [2.24, 2.45) is 0 Å². The van der Waals surface area contributed by atoms with E-state index in [4.69, 9.17) is 0 Å². The Morgan fingerprint density at radius 3 is 2.56 bits per heavy atom. The van der Waals surface area contributed by atoms with Crippen LogP contribution in [-0.2, 0) is 0 Å². The molecule has 0 atom stereocenters. The summed E-state index contributed by atoms with van der Waals surface area (Å²) in [6, 6.07) is 4.79. The first kappa shape index (κ1) is 17.2. The predicted octanol–water partition coefficient (Wildman–Crippen LogP) is 2.15. The zero-order valence-electron chi connectivity index (χ0n) is 13.9. The number of carbonyl (C=O) groups is 1. The zero-order valence-corrected chi connectivity index (χ0v) is 13.9. The summed E-state index contributed by atoms with van der Waals surface area (Å²) in [5.74, 6) is -1.80. The van der Waals surface area contributed by atoms with Gasteiger partial charge in [0.1, 0.15) is 17.8 Å². The molecule has 0 radical (unpaired) electrons. The van der Waals surface area contributed by atoms with E-state index in [-0.39, 0.29) is 11.4 Å². The summed E-state index contributed by atoms with van der Waals surface area (Å²) in [4.78, 5) is 24.9. The third-order valence-corrected chi connectivity index (χ3v) is 4.21. The SMILES string of the molecule is CCN1CCN(c2cc(C(=O)Nc3ccc(F)c(F)c3)ncn2)CC1. The van der Waals surface area contributed by atoms with Gasteiger partial charge in [0, 0.05) is 44.0 Å². The van der Waals surface area contributed by atoms with Crippen molar-refractivity contribution in [3.63, 3.8) is 0 Å². The molecular weight excluding hydrogens is 328 g/mol. The Hall–Kier alpha value is -2.61. The Labute approximate surface area is 144 Å². The Morgan fingerprint density at radius 1 is 1.12 bits per heavy atom. The lowest BCUT2D eigenvalue weighted by Crippen LogP contribution is -2.46. The molecule has 2 aromatic rings. The van der Waals surface area contributed by atoms with Crippen LogP contribution in [0.5, 0.6) is 0 Å². The van der Waals surface area contributed by atoms with Crippen molar-refractivity contribution in [2.45, 2.75) is 6.92 Å². The first-order chi connectivity index (χ1) is 12.1. The number of benzene rings is 1. The Bertz CT molecular complexity index is 762. The first-order valence-corrected chi connectivity index (χ1v) is 8.12. The number of hydrogen-bond donors (Lipinski definition) is 1. The number of aromatic nitrogens is 2. The van der Waals surface area contributed by atoms with Gasteiger partial charge in [0.05, 0.1) is 0 Å². The van der Waals surface area contributed by atoms with Crippen LogP contribution < -0.4 is 10.2 Å². The molecule has 132 valence electrons. The molecule has 25 heavy (non-hydrogen) atoms. The molecule has 0 saturated carbocycles. The van der Waals surface area contributed by atoms with Gasteiger partial charge >= 0.3 is 0 Å². The van der Waals surface area contributed by atoms with E-state index in [1.807, 2.05) is 0 Å². The van der Waals surface area contributed by atoms with Gasteiger partial charge in [0.15, 0.2) is 11.6 Å². The molecule has 1 amide bonds. The van der Waals surface area contributed by atoms with E-state index in [2.05, 4.69) is 32.0 Å². The van der Waals surface area contributed by atoms with E-state index in [9.17, 15) is 13.6 Å². The molecule has 1 aliphatic rings. The number of halogens is 2. The predicted molar refractivity (Wildman–Crippen MR) is 90.7 cm³/mol. The summed E-state index contributed by atoms with van der Waals surface area (Å²) in [5, 5.41) is 2.51. The largest absolute Gasteiger partial charge is 0.354 e. The average molecular weight is 347 g/mol. The van der Waals surface area contributed by atoms with Crippen LogP contribution in [0.15, 0.2) is 30.6 Å². The van der Waals surface area contributed by atoms with Crippen LogP contribution in [0.2, 0.25) is 0 Å². The molecule has 6 nitrogen and oxygen atoms in total. The number of likely N-dealkylation sites (N-methyl/N-ethyl adjacent to an activating group) is 1. The minimum Gasteiger partial charge on any atom is -0.354 e. The Kier molecular flexibility index (Phi) is 5.18.